The zero-order chi connectivity index (χ0) is 26.4. The van der Waals surface area contributed by atoms with E-state index in [-0.39, 0.29) is 11.0 Å². The molecule has 0 amide bonds. The molecule has 0 aliphatic carbocycles. The fourth-order valence-corrected chi connectivity index (χ4v) is 5.16. The molecule has 0 bridgehead atoms. The minimum atomic E-state index is -0.476. The smallest absolute Gasteiger partial charge is 0.352 e. The van der Waals surface area contributed by atoms with Gasteiger partial charge in [0.15, 0.2) is 5.43 Å². The van der Waals surface area contributed by atoms with Crippen LogP contribution in [-0.4, -0.2) is 17.7 Å². The average molecular weight is 499 g/mol. The standard InChI is InChI=1S/C33H26N2O3/c1-4-35(5-2)26-14-13-24-17-25(33(37)38-31(24)20-26)12-10-21-11-15-29-27(16-21)32(36)28-18-22-8-6-7-9-23(22)19-30(28)34(29)3/h6-9,11,13-20H,4-5H2,1-3H3. The van der Waals surface area contributed by atoms with Crippen LogP contribution >= 0.6 is 0 Å². The third-order valence-electron chi connectivity index (χ3n) is 7.26. The number of fused-ring (bicyclic) bond motifs is 4. The summed E-state index contributed by atoms with van der Waals surface area (Å²) in [6, 6.07) is 25.3. The Balaban J connectivity index is 1.43. The van der Waals surface area contributed by atoms with Gasteiger partial charge in [-0.15, -0.1) is 0 Å². The van der Waals surface area contributed by atoms with Gasteiger partial charge < -0.3 is 13.9 Å². The predicted molar refractivity (Wildman–Crippen MR) is 156 cm³/mol. The molecule has 2 heterocycles. The summed E-state index contributed by atoms with van der Waals surface area (Å²) in [7, 11) is 1.97. The van der Waals surface area contributed by atoms with Crippen LogP contribution < -0.4 is 16.0 Å². The number of pyridine rings is 1. The van der Waals surface area contributed by atoms with Crippen LogP contribution in [0.5, 0.6) is 0 Å². The van der Waals surface area contributed by atoms with Crippen molar-refractivity contribution in [3.8, 4) is 11.8 Å². The predicted octanol–water partition coefficient (Wildman–Crippen LogP) is 6.20. The van der Waals surface area contributed by atoms with Crippen molar-refractivity contribution in [2.24, 2.45) is 7.05 Å². The molecule has 0 unspecified atom stereocenters. The van der Waals surface area contributed by atoms with E-state index in [9.17, 15) is 9.59 Å². The molecule has 4 aromatic carbocycles. The Labute approximate surface area is 219 Å². The van der Waals surface area contributed by atoms with Crippen LogP contribution in [0.2, 0.25) is 0 Å². The van der Waals surface area contributed by atoms with Crippen molar-refractivity contribution < 1.29 is 4.42 Å². The van der Waals surface area contributed by atoms with E-state index >= 15 is 0 Å². The van der Waals surface area contributed by atoms with Gasteiger partial charge in [-0.3, -0.25) is 4.79 Å². The topological polar surface area (TPSA) is 55.5 Å². The summed E-state index contributed by atoms with van der Waals surface area (Å²) in [5.41, 5.74) is 3.71. The van der Waals surface area contributed by atoms with Gasteiger partial charge in [-0.2, -0.15) is 0 Å². The Hall–Kier alpha value is -4.82. The van der Waals surface area contributed by atoms with Crippen molar-refractivity contribution in [2.75, 3.05) is 18.0 Å². The minimum absolute atomic E-state index is 0.0308. The summed E-state index contributed by atoms with van der Waals surface area (Å²) in [6.07, 6.45) is 0. The highest BCUT2D eigenvalue weighted by atomic mass is 16.4. The van der Waals surface area contributed by atoms with Crippen LogP contribution in [0.15, 0.2) is 92.9 Å². The van der Waals surface area contributed by atoms with Gasteiger partial charge in [0, 0.05) is 53.6 Å². The van der Waals surface area contributed by atoms with Crippen molar-refractivity contribution in [1.82, 2.24) is 4.57 Å². The number of rotatable bonds is 3. The molecule has 5 nitrogen and oxygen atoms in total. The summed E-state index contributed by atoms with van der Waals surface area (Å²) in [4.78, 5) is 28.4. The number of aryl methyl sites for hydroxylation is 1. The monoisotopic (exact) mass is 498 g/mol. The third kappa shape index (κ3) is 3.91. The van der Waals surface area contributed by atoms with Gasteiger partial charge in [-0.05, 0) is 73.2 Å². The zero-order valence-electron chi connectivity index (χ0n) is 21.5. The van der Waals surface area contributed by atoms with E-state index in [2.05, 4.69) is 42.7 Å². The summed E-state index contributed by atoms with van der Waals surface area (Å²) in [6.45, 7) is 5.93. The molecule has 0 aliphatic heterocycles. The number of anilines is 1. The van der Waals surface area contributed by atoms with E-state index in [1.807, 2.05) is 66.2 Å². The molecule has 0 saturated carbocycles. The molecule has 2 aromatic heterocycles. The second-order valence-corrected chi connectivity index (χ2v) is 9.43. The van der Waals surface area contributed by atoms with Crippen molar-refractivity contribution in [3.05, 3.63) is 111 Å². The third-order valence-corrected chi connectivity index (χ3v) is 7.26. The van der Waals surface area contributed by atoms with Crippen molar-refractivity contribution in [2.45, 2.75) is 13.8 Å². The van der Waals surface area contributed by atoms with E-state index in [1.54, 1.807) is 12.1 Å². The molecular formula is C33H26N2O3. The first-order valence-corrected chi connectivity index (χ1v) is 12.8. The van der Waals surface area contributed by atoms with Gasteiger partial charge in [0.1, 0.15) is 11.1 Å². The summed E-state index contributed by atoms with van der Waals surface area (Å²) >= 11 is 0. The van der Waals surface area contributed by atoms with E-state index in [1.165, 1.54) is 0 Å². The maximum absolute atomic E-state index is 13.5. The number of benzene rings is 4. The molecule has 5 heteroatoms. The maximum atomic E-state index is 13.5. The lowest BCUT2D eigenvalue weighted by molar-refractivity contribution is 0.558. The molecule has 0 N–H and O–H groups in total. The SMILES string of the molecule is CCN(CC)c1ccc2cc(C#Cc3ccc4c(c3)c(=O)c3cc5ccccc5cc3n4C)c(=O)oc2c1. The first kappa shape index (κ1) is 23.6. The molecule has 0 fully saturated rings. The van der Waals surface area contributed by atoms with Gasteiger partial charge in [0.25, 0.3) is 0 Å². The Kier molecular flexibility index (Phi) is 5.73. The lowest BCUT2D eigenvalue weighted by Gasteiger charge is -2.20. The van der Waals surface area contributed by atoms with Crippen molar-refractivity contribution in [1.29, 1.82) is 0 Å². The summed E-state index contributed by atoms with van der Waals surface area (Å²) < 4.78 is 7.65. The van der Waals surface area contributed by atoms with Crippen LogP contribution in [0.1, 0.15) is 25.0 Å². The highest BCUT2D eigenvalue weighted by molar-refractivity contribution is 6.01. The zero-order valence-corrected chi connectivity index (χ0v) is 21.5. The normalized spacial score (nSPS) is 11.2. The quantitative estimate of drug-likeness (QED) is 0.166. The van der Waals surface area contributed by atoms with Gasteiger partial charge >= 0.3 is 5.63 Å². The van der Waals surface area contributed by atoms with Gasteiger partial charge in [-0.1, -0.05) is 36.1 Å². The molecule has 0 aliphatic rings. The largest absolute Gasteiger partial charge is 0.422 e. The molecule has 0 atom stereocenters. The van der Waals surface area contributed by atoms with Crippen molar-refractivity contribution >= 4 is 49.2 Å². The van der Waals surface area contributed by atoms with Gasteiger partial charge in [0.05, 0.1) is 11.0 Å². The molecule has 0 spiro atoms. The van der Waals surface area contributed by atoms with Gasteiger partial charge in [-0.25, -0.2) is 4.79 Å². The van der Waals surface area contributed by atoms with Crippen LogP contribution in [-0.2, 0) is 7.05 Å². The molecule has 0 radical (unpaired) electrons. The van der Waals surface area contributed by atoms with Crippen LogP contribution in [0, 0.1) is 11.8 Å². The molecule has 38 heavy (non-hydrogen) atoms. The lowest BCUT2D eigenvalue weighted by Crippen LogP contribution is -2.21. The minimum Gasteiger partial charge on any atom is -0.422 e. The number of nitrogens with zero attached hydrogens (tertiary/aromatic N) is 2. The maximum Gasteiger partial charge on any atom is 0.352 e. The first-order valence-electron chi connectivity index (χ1n) is 12.8. The Morgan fingerprint density at radius 3 is 2.26 bits per heavy atom. The van der Waals surface area contributed by atoms with E-state index in [4.69, 9.17) is 4.42 Å². The molecule has 0 saturated heterocycles. The average Bonchev–Trinajstić information content (AvgIpc) is 2.94. The number of hydrogen-bond acceptors (Lipinski definition) is 4. The second-order valence-electron chi connectivity index (χ2n) is 9.43. The van der Waals surface area contributed by atoms with Crippen LogP contribution in [0.3, 0.4) is 0 Å². The van der Waals surface area contributed by atoms with E-state index in [0.29, 0.717) is 21.9 Å². The second kappa shape index (κ2) is 9.24. The van der Waals surface area contributed by atoms with Crippen LogP contribution in [0.4, 0.5) is 5.69 Å². The molecule has 6 aromatic rings. The number of aromatic nitrogens is 1. The summed E-state index contributed by atoms with van der Waals surface area (Å²) in [5.74, 6) is 6.03. The van der Waals surface area contributed by atoms with E-state index in [0.717, 1.165) is 46.0 Å². The van der Waals surface area contributed by atoms with Crippen molar-refractivity contribution in [3.63, 3.8) is 0 Å². The Bertz CT molecular complexity index is 2070. The summed E-state index contributed by atoms with van der Waals surface area (Å²) in [5, 5.41) is 4.20. The highest BCUT2D eigenvalue weighted by Crippen LogP contribution is 2.25. The van der Waals surface area contributed by atoms with Gasteiger partial charge in [0.2, 0.25) is 0 Å². The molecule has 6 rings (SSSR count). The lowest BCUT2D eigenvalue weighted by atomic mass is 10.0. The highest BCUT2D eigenvalue weighted by Gasteiger charge is 2.11. The van der Waals surface area contributed by atoms with Crippen LogP contribution in [0.25, 0.3) is 43.5 Å². The molecule has 186 valence electrons. The first-order chi connectivity index (χ1) is 18.5. The fourth-order valence-electron chi connectivity index (χ4n) is 5.16. The van der Waals surface area contributed by atoms with E-state index < -0.39 is 5.63 Å². The fraction of sp³-hybridized carbons (Fsp3) is 0.152. The Morgan fingerprint density at radius 1 is 0.763 bits per heavy atom. The number of hydrogen-bond donors (Lipinski definition) is 0. The Morgan fingerprint density at radius 2 is 1.50 bits per heavy atom. The molecular weight excluding hydrogens is 472 g/mol.